The molecule has 0 aliphatic rings. The molecule has 0 spiro atoms. The van der Waals surface area contributed by atoms with Crippen molar-refractivity contribution in [3.8, 4) is 0 Å². The number of rotatable bonds is 3. The number of nitrogens with one attached hydrogen (secondary N) is 1. The maximum absolute atomic E-state index is 10.4. The number of primary amides is 1. The van der Waals surface area contributed by atoms with Crippen molar-refractivity contribution >= 4 is 22.0 Å². The Balaban J connectivity index is 2.41. The van der Waals surface area contributed by atoms with Gasteiger partial charge >= 0.3 is 6.03 Å². The van der Waals surface area contributed by atoms with Gasteiger partial charge in [0.15, 0.2) is 0 Å². The number of nitrogens with two attached hydrogens (primary N) is 1. The van der Waals surface area contributed by atoms with Crippen LogP contribution in [0, 0.1) is 0 Å². The van der Waals surface area contributed by atoms with Crippen LogP contribution in [-0.2, 0) is 6.42 Å². The number of hydrogen-bond donors (Lipinski definition) is 2. The summed E-state index contributed by atoms with van der Waals surface area (Å²) in [6, 6.07) is 7.47. The summed E-state index contributed by atoms with van der Waals surface area (Å²) in [7, 11) is 0. The van der Waals surface area contributed by atoms with Gasteiger partial charge in [0.1, 0.15) is 0 Å². The Hall–Kier alpha value is -1.03. The molecule has 0 heterocycles. The van der Waals surface area contributed by atoms with Crippen molar-refractivity contribution < 1.29 is 4.79 Å². The molecule has 70 valence electrons. The molecule has 4 heteroatoms. The molecule has 0 saturated carbocycles. The fourth-order valence-corrected chi connectivity index (χ4v) is 1.47. The van der Waals surface area contributed by atoms with Gasteiger partial charge in [-0.05, 0) is 24.1 Å². The second kappa shape index (κ2) is 4.87. The molecule has 1 rings (SSSR count). The van der Waals surface area contributed by atoms with Gasteiger partial charge in [-0.1, -0.05) is 28.1 Å². The fraction of sp³-hybridized carbons (Fsp3) is 0.222. The summed E-state index contributed by atoms with van der Waals surface area (Å²) >= 11 is 3.37. The van der Waals surface area contributed by atoms with Crippen molar-refractivity contribution in [2.24, 2.45) is 5.73 Å². The lowest BCUT2D eigenvalue weighted by Gasteiger charge is -2.02. The van der Waals surface area contributed by atoms with Gasteiger partial charge < -0.3 is 11.1 Å². The van der Waals surface area contributed by atoms with Crippen LogP contribution >= 0.6 is 15.9 Å². The number of carbonyl (C=O) groups is 1. The standard InChI is InChI=1S/C9H11BrN2O/c10-8-3-1-2-7(6-8)4-5-12-9(11)13/h1-3,6H,4-5H2,(H3,11,12,13). The molecule has 3 nitrogen and oxygen atoms in total. The molecule has 0 aliphatic carbocycles. The largest absolute Gasteiger partial charge is 0.352 e. The smallest absolute Gasteiger partial charge is 0.312 e. The molecule has 0 fully saturated rings. The highest BCUT2D eigenvalue weighted by molar-refractivity contribution is 9.10. The third-order valence-electron chi connectivity index (χ3n) is 1.60. The van der Waals surface area contributed by atoms with Crippen LogP contribution in [0.3, 0.4) is 0 Å². The predicted octanol–water partition coefficient (Wildman–Crippen LogP) is 1.66. The molecular weight excluding hydrogens is 232 g/mol. The summed E-state index contributed by atoms with van der Waals surface area (Å²) in [5.74, 6) is 0. The maximum Gasteiger partial charge on any atom is 0.312 e. The Morgan fingerprint density at radius 3 is 2.92 bits per heavy atom. The Labute approximate surface area is 85.4 Å². The molecule has 0 aliphatic heterocycles. The Kier molecular flexibility index (Phi) is 3.76. The second-order valence-electron chi connectivity index (χ2n) is 2.67. The zero-order chi connectivity index (χ0) is 9.68. The van der Waals surface area contributed by atoms with E-state index in [1.807, 2.05) is 24.3 Å². The van der Waals surface area contributed by atoms with E-state index in [0.717, 1.165) is 10.9 Å². The summed E-state index contributed by atoms with van der Waals surface area (Å²) in [6.07, 6.45) is 0.794. The molecule has 0 saturated heterocycles. The monoisotopic (exact) mass is 242 g/mol. The third-order valence-corrected chi connectivity index (χ3v) is 2.10. The van der Waals surface area contributed by atoms with Crippen molar-refractivity contribution in [1.29, 1.82) is 0 Å². The van der Waals surface area contributed by atoms with Gasteiger partial charge in [-0.2, -0.15) is 0 Å². The molecule has 0 unspecified atom stereocenters. The molecule has 1 aromatic rings. The van der Waals surface area contributed by atoms with E-state index in [2.05, 4.69) is 21.2 Å². The minimum absolute atomic E-state index is 0.477. The highest BCUT2D eigenvalue weighted by atomic mass is 79.9. The molecule has 0 bridgehead atoms. The zero-order valence-corrected chi connectivity index (χ0v) is 8.67. The van der Waals surface area contributed by atoms with Crippen LogP contribution in [0.4, 0.5) is 4.79 Å². The molecule has 2 amide bonds. The molecule has 0 atom stereocenters. The topological polar surface area (TPSA) is 55.1 Å². The lowest BCUT2D eigenvalue weighted by atomic mass is 10.1. The summed E-state index contributed by atoms with van der Waals surface area (Å²) < 4.78 is 1.05. The average molecular weight is 243 g/mol. The van der Waals surface area contributed by atoms with Crippen molar-refractivity contribution in [3.05, 3.63) is 34.3 Å². The minimum Gasteiger partial charge on any atom is -0.352 e. The zero-order valence-electron chi connectivity index (χ0n) is 7.09. The minimum atomic E-state index is -0.477. The van der Waals surface area contributed by atoms with Crippen molar-refractivity contribution in [3.63, 3.8) is 0 Å². The SMILES string of the molecule is NC(=O)NCCc1cccc(Br)c1. The highest BCUT2D eigenvalue weighted by Crippen LogP contribution is 2.11. The van der Waals surface area contributed by atoms with Gasteiger partial charge in [0, 0.05) is 11.0 Å². The van der Waals surface area contributed by atoms with E-state index in [0.29, 0.717) is 6.54 Å². The van der Waals surface area contributed by atoms with E-state index >= 15 is 0 Å². The Bertz CT molecular complexity index is 301. The molecule has 0 aromatic heterocycles. The second-order valence-corrected chi connectivity index (χ2v) is 3.59. The normalized spacial score (nSPS) is 9.62. The number of halogens is 1. The summed E-state index contributed by atoms with van der Waals surface area (Å²) in [4.78, 5) is 10.4. The van der Waals surface area contributed by atoms with Gasteiger partial charge in [0.25, 0.3) is 0 Å². The number of hydrogen-bond acceptors (Lipinski definition) is 1. The van der Waals surface area contributed by atoms with Gasteiger partial charge in [0.05, 0.1) is 0 Å². The molecular formula is C9H11BrN2O. The van der Waals surface area contributed by atoms with E-state index < -0.39 is 6.03 Å². The Morgan fingerprint density at radius 1 is 1.54 bits per heavy atom. The lowest BCUT2D eigenvalue weighted by Crippen LogP contribution is -2.30. The molecule has 13 heavy (non-hydrogen) atoms. The van der Waals surface area contributed by atoms with Crippen LogP contribution in [0.15, 0.2) is 28.7 Å². The van der Waals surface area contributed by atoms with Crippen LogP contribution in [0.2, 0.25) is 0 Å². The van der Waals surface area contributed by atoms with E-state index in [-0.39, 0.29) is 0 Å². The fourth-order valence-electron chi connectivity index (χ4n) is 1.02. The van der Waals surface area contributed by atoms with Crippen molar-refractivity contribution in [2.75, 3.05) is 6.54 Å². The van der Waals surface area contributed by atoms with Gasteiger partial charge in [0.2, 0.25) is 0 Å². The highest BCUT2D eigenvalue weighted by Gasteiger charge is 1.95. The van der Waals surface area contributed by atoms with Crippen molar-refractivity contribution in [1.82, 2.24) is 5.32 Å². The quantitative estimate of drug-likeness (QED) is 0.833. The van der Waals surface area contributed by atoms with Crippen LogP contribution < -0.4 is 11.1 Å². The van der Waals surface area contributed by atoms with Gasteiger partial charge in [-0.25, -0.2) is 4.79 Å². The first-order valence-corrected chi connectivity index (χ1v) is 4.75. The lowest BCUT2D eigenvalue weighted by molar-refractivity contribution is 0.249. The first-order chi connectivity index (χ1) is 6.18. The first-order valence-electron chi connectivity index (χ1n) is 3.96. The Morgan fingerprint density at radius 2 is 2.31 bits per heavy atom. The van der Waals surface area contributed by atoms with E-state index in [4.69, 9.17) is 5.73 Å². The van der Waals surface area contributed by atoms with Crippen LogP contribution in [0.5, 0.6) is 0 Å². The number of benzene rings is 1. The van der Waals surface area contributed by atoms with Crippen molar-refractivity contribution in [2.45, 2.75) is 6.42 Å². The predicted molar refractivity (Wildman–Crippen MR) is 55.4 cm³/mol. The van der Waals surface area contributed by atoms with E-state index in [1.54, 1.807) is 0 Å². The number of amides is 2. The number of carbonyl (C=O) groups excluding carboxylic acids is 1. The van der Waals surface area contributed by atoms with Crippen LogP contribution in [0.1, 0.15) is 5.56 Å². The van der Waals surface area contributed by atoms with E-state index in [9.17, 15) is 4.79 Å². The summed E-state index contributed by atoms with van der Waals surface area (Å²) in [6.45, 7) is 0.575. The van der Waals surface area contributed by atoms with E-state index in [1.165, 1.54) is 5.56 Å². The average Bonchev–Trinajstić information content (AvgIpc) is 2.03. The van der Waals surface area contributed by atoms with Gasteiger partial charge in [-0.3, -0.25) is 0 Å². The number of urea groups is 1. The first kappa shape index (κ1) is 10.1. The maximum atomic E-state index is 10.4. The molecule has 3 N–H and O–H groups in total. The van der Waals surface area contributed by atoms with Gasteiger partial charge in [-0.15, -0.1) is 0 Å². The summed E-state index contributed by atoms with van der Waals surface area (Å²) in [5.41, 5.74) is 6.10. The third kappa shape index (κ3) is 3.94. The molecule has 1 aromatic carbocycles. The summed E-state index contributed by atoms with van der Waals surface area (Å²) in [5, 5.41) is 2.54. The van der Waals surface area contributed by atoms with Crippen LogP contribution in [0.25, 0.3) is 0 Å². The molecule has 0 radical (unpaired) electrons. The van der Waals surface area contributed by atoms with Crippen LogP contribution in [-0.4, -0.2) is 12.6 Å².